The highest BCUT2D eigenvalue weighted by atomic mass is 32.1. The number of benzene rings is 2. The highest BCUT2D eigenvalue weighted by Gasteiger charge is 2.21. The average Bonchev–Trinajstić information content (AvgIpc) is 3.07. The van der Waals surface area contributed by atoms with Gasteiger partial charge in [-0.15, -0.1) is 17.9 Å². The lowest BCUT2D eigenvalue weighted by Gasteiger charge is -2.18. The summed E-state index contributed by atoms with van der Waals surface area (Å²) in [6.07, 6.45) is 1.71. The monoisotopic (exact) mass is 364 g/mol. The van der Waals surface area contributed by atoms with Crippen LogP contribution in [0.2, 0.25) is 0 Å². The molecule has 0 saturated carbocycles. The van der Waals surface area contributed by atoms with Crippen molar-refractivity contribution < 1.29 is 9.53 Å². The number of anilines is 1. The van der Waals surface area contributed by atoms with E-state index in [1.807, 2.05) is 61.5 Å². The maximum absolute atomic E-state index is 12.9. The lowest BCUT2D eigenvalue weighted by atomic mass is 10.1. The number of carbonyl (C=O) groups excluding carboxylic acids is 1. The number of nitrogens with zero attached hydrogens (tertiary/aromatic N) is 2. The fraction of sp³-hybridized carbons (Fsp3) is 0.143. The standard InChI is InChI=1S/C21H20N2O2S/c1-4-14-23(20(24)17-8-6-5-7-9-17)21-22-19(15(2)26-21)16-10-12-18(25-3)13-11-16/h4-13H,1,14H2,2-3H3. The van der Waals surface area contributed by atoms with Gasteiger partial charge in [-0.3, -0.25) is 9.69 Å². The van der Waals surface area contributed by atoms with Gasteiger partial charge in [-0.1, -0.05) is 24.3 Å². The second-order valence-corrected chi connectivity index (χ2v) is 6.88. The van der Waals surface area contributed by atoms with E-state index in [1.54, 1.807) is 18.1 Å². The third-order valence-corrected chi connectivity index (χ3v) is 4.95. The van der Waals surface area contributed by atoms with Crippen LogP contribution < -0.4 is 9.64 Å². The van der Waals surface area contributed by atoms with E-state index in [9.17, 15) is 4.79 Å². The number of aryl methyl sites for hydroxylation is 1. The Labute approximate surface area is 157 Å². The topological polar surface area (TPSA) is 42.4 Å². The molecule has 1 aromatic heterocycles. The summed E-state index contributed by atoms with van der Waals surface area (Å²) in [7, 11) is 1.64. The zero-order valence-corrected chi connectivity index (χ0v) is 15.6. The molecular formula is C21H20N2O2S. The first-order chi connectivity index (χ1) is 12.6. The molecule has 4 nitrogen and oxygen atoms in total. The van der Waals surface area contributed by atoms with Crippen LogP contribution in [0.5, 0.6) is 5.75 Å². The van der Waals surface area contributed by atoms with E-state index in [-0.39, 0.29) is 5.91 Å². The van der Waals surface area contributed by atoms with Gasteiger partial charge in [0, 0.05) is 22.5 Å². The van der Waals surface area contributed by atoms with Crippen molar-refractivity contribution in [1.29, 1.82) is 0 Å². The molecule has 0 unspecified atom stereocenters. The molecule has 0 aliphatic heterocycles. The first-order valence-corrected chi connectivity index (χ1v) is 9.05. The number of hydrogen-bond donors (Lipinski definition) is 0. The van der Waals surface area contributed by atoms with Gasteiger partial charge in [-0.25, -0.2) is 4.98 Å². The maximum Gasteiger partial charge on any atom is 0.260 e. The van der Waals surface area contributed by atoms with Crippen LogP contribution in [0.1, 0.15) is 15.2 Å². The first kappa shape index (κ1) is 17.9. The SMILES string of the molecule is C=CCN(C(=O)c1ccccc1)c1nc(-c2ccc(OC)cc2)c(C)s1. The molecule has 5 heteroatoms. The Morgan fingerprint density at radius 2 is 1.88 bits per heavy atom. The van der Waals surface area contributed by atoms with Crippen LogP contribution in [0.3, 0.4) is 0 Å². The number of carbonyl (C=O) groups is 1. The van der Waals surface area contributed by atoms with Crippen LogP contribution in [0.15, 0.2) is 67.3 Å². The number of ether oxygens (including phenoxy) is 1. The molecule has 0 aliphatic rings. The van der Waals surface area contributed by atoms with Crippen molar-refractivity contribution in [3.05, 3.63) is 77.7 Å². The minimum atomic E-state index is -0.0828. The lowest BCUT2D eigenvalue weighted by Crippen LogP contribution is -2.30. The van der Waals surface area contributed by atoms with Gasteiger partial charge in [-0.05, 0) is 43.3 Å². The smallest absolute Gasteiger partial charge is 0.260 e. The molecule has 0 aliphatic carbocycles. The second-order valence-electron chi connectivity index (χ2n) is 5.70. The molecule has 1 amide bonds. The minimum Gasteiger partial charge on any atom is -0.497 e. The lowest BCUT2D eigenvalue weighted by molar-refractivity contribution is 0.0989. The van der Waals surface area contributed by atoms with E-state index in [4.69, 9.17) is 9.72 Å². The maximum atomic E-state index is 12.9. The Hall–Kier alpha value is -2.92. The van der Waals surface area contributed by atoms with E-state index in [2.05, 4.69) is 6.58 Å². The Balaban J connectivity index is 1.95. The van der Waals surface area contributed by atoms with Crippen LogP contribution >= 0.6 is 11.3 Å². The normalized spacial score (nSPS) is 10.4. The van der Waals surface area contributed by atoms with Crippen LogP contribution in [0, 0.1) is 6.92 Å². The van der Waals surface area contributed by atoms with Gasteiger partial charge in [0.2, 0.25) is 0 Å². The van der Waals surface area contributed by atoms with Crippen LogP contribution in [-0.2, 0) is 0 Å². The van der Waals surface area contributed by atoms with Gasteiger partial charge in [-0.2, -0.15) is 0 Å². The molecule has 0 spiro atoms. The Morgan fingerprint density at radius 3 is 2.50 bits per heavy atom. The van der Waals surface area contributed by atoms with Gasteiger partial charge in [0.1, 0.15) is 5.75 Å². The van der Waals surface area contributed by atoms with Crippen molar-refractivity contribution in [1.82, 2.24) is 4.98 Å². The van der Waals surface area contributed by atoms with Crippen molar-refractivity contribution in [3.8, 4) is 17.0 Å². The summed E-state index contributed by atoms with van der Waals surface area (Å²) >= 11 is 1.51. The van der Waals surface area contributed by atoms with E-state index in [1.165, 1.54) is 11.3 Å². The third-order valence-electron chi connectivity index (χ3n) is 3.96. The zero-order chi connectivity index (χ0) is 18.5. The molecule has 26 heavy (non-hydrogen) atoms. The Morgan fingerprint density at radius 1 is 1.19 bits per heavy atom. The quantitative estimate of drug-likeness (QED) is 0.581. The van der Waals surface area contributed by atoms with Gasteiger partial charge < -0.3 is 4.74 Å². The van der Waals surface area contributed by atoms with Crippen molar-refractivity contribution in [2.75, 3.05) is 18.6 Å². The molecule has 132 valence electrons. The summed E-state index contributed by atoms with van der Waals surface area (Å²) in [5.41, 5.74) is 2.51. The largest absolute Gasteiger partial charge is 0.497 e. The molecule has 0 bridgehead atoms. The number of methoxy groups -OCH3 is 1. The van der Waals surface area contributed by atoms with Crippen LogP contribution in [0.4, 0.5) is 5.13 Å². The summed E-state index contributed by atoms with van der Waals surface area (Å²) in [6.45, 7) is 6.20. The molecule has 3 rings (SSSR count). The van der Waals surface area contributed by atoms with Crippen molar-refractivity contribution in [2.45, 2.75) is 6.92 Å². The number of hydrogen-bond acceptors (Lipinski definition) is 4. The van der Waals surface area contributed by atoms with Crippen molar-refractivity contribution in [2.24, 2.45) is 0 Å². The first-order valence-electron chi connectivity index (χ1n) is 8.23. The van der Waals surface area contributed by atoms with Gasteiger partial charge >= 0.3 is 0 Å². The summed E-state index contributed by atoms with van der Waals surface area (Å²) in [4.78, 5) is 20.4. The number of aromatic nitrogens is 1. The van der Waals surface area contributed by atoms with Crippen molar-refractivity contribution >= 4 is 22.4 Å². The molecule has 0 saturated heterocycles. The summed E-state index contributed by atoms with van der Waals surface area (Å²) in [5.74, 6) is 0.718. The van der Waals surface area contributed by atoms with E-state index in [0.717, 1.165) is 21.9 Å². The second kappa shape index (κ2) is 7.97. The fourth-order valence-electron chi connectivity index (χ4n) is 2.63. The highest BCUT2D eigenvalue weighted by Crippen LogP contribution is 2.33. The minimum absolute atomic E-state index is 0.0828. The molecule has 1 heterocycles. The van der Waals surface area contributed by atoms with Crippen LogP contribution in [-0.4, -0.2) is 24.5 Å². The van der Waals surface area contributed by atoms with Crippen molar-refractivity contribution in [3.63, 3.8) is 0 Å². The molecule has 2 aromatic carbocycles. The van der Waals surface area contributed by atoms with Gasteiger partial charge in [0.05, 0.1) is 12.8 Å². The number of amides is 1. The molecular weight excluding hydrogens is 344 g/mol. The Kier molecular flexibility index (Phi) is 5.49. The molecule has 0 fully saturated rings. The zero-order valence-electron chi connectivity index (χ0n) is 14.8. The summed E-state index contributed by atoms with van der Waals surface area (Å²) in [6, 6.07) is 17.0. The summed E-state index contributed by atoms with van der Waals surface area (Å²) in [5, 5.41) is 0.669. The number of thiazole rings is 1. The van der Waals surface area contributed by atoms with E-state index >= 15 is 0 Å². The predicted molar refractivity (Wildman–Crippen MR) is 107 cm³/mol. The van der Waals surface area contributed by atoms with Gasteiger partial charge in [0.25, 0.3) is 5.91 Å². The highest BCUT2D eigenvalue weighted by molar-refractivity contribution is 7.16. The molecule has 0 atom stereocenters. The summed E-state index contributed by atoms with van der Waals surface area (Å²) < 4.78 is 5.21. The van der Waals surface area contributed by atoms with Gasteiger partial charge in [0.15, 0.2) is 5.13 Å². The number of rotatable bonds is 6. The molecule has 0 N–H and O–H groups in total. The predicted octanol–water partition coefficient (Wildman–Crippen LogP) is 4.96. The Bertz CT molecular complexity index is 902. The van der Waals surface area contributed by atoms with E-state index in [0.29, 0.717) is 17.2 Å². The average molecular weight is 364 g/mol. The molecule has 0 radical (unpaired) electrons. The van der Waals surface area contributed by atoms with Crippen LogP contribution in [0.25, 0.3) is 11.3 Å². The molecule has 3 aromatic rings. The van der Waals surface area contributed by atoms with E-state index < -0.39 is 0 Å². The third kappa shape index (κ3) is 3.68. The fourth-order valence-corrected chi connectivity index (χ4v) is 3.57.